The van der Waals surface area contributed by atoms with Crippen molar-refractivity contribution in [3.63, 3.8) is 0 Å². The van der Waals surface area contributed by atoms with Crippen LogP contribution in [0, 0.1) is 5.92 Å². The highest BCUT2D eigenvalue weighted by Gasteiger charge is 2.22. The summed E-state index contributed by atoms with van der Waals surface area (Å²) in [6, 6.07) is 22.1. The molecule has 2 atom stereocenters. The minimum atomic E-state index is 0.547. The number of hydrogen-bond donors (Lipinski definition) is 0. The lowest BCUT2D eigenvalue weighted by molar-refractivity contribution is 0.146. The van der Waals surface area contributed by atoms with E-state index in [1.807, 2.05) is 0 Å². The van der Waals surface area contributed by atoms with Gasteiger partial charge in [-0.3, -0.25) is 4.90 Å². The number of nitrogens with zero attached hydrogens (tertiary/aromatic N) is 1. The van der Waals surface area contributed by atoms with Gasteiger partial charge in [-0.25, -0.2) is 0 Å². The van der Waals surface area contributed by atoms with E-state index in [2.05, 4.69) is 95.3 Å². The first-order valence-corrected chi connectivity index (χ1v) is 9.24. The molecule has 2 rings (SSSR count). The first kappa shape index (κ1) is 17.2. The van der Waals surface area contributed by atoms with E-state index in [0.29, 0.717) is 12.0 Å². The van der Waals surface area contributed by atoms with Crippen molar-refractivity contribution < 1.29 is 0 Å². The van der Waals surface area contributed by atoms with Gasteiger partial charge in [0.2, 0.25) is 0 Å². The number of rotatable bonds is 8. The van der Waals surface area contributed by atoms with Crippen molar-refractivity contribution in [2.45, 2.75) is 39.4 Å². The van der Waals surface area contributed by atoms with E-state index in [0.717, 1.165) is 18.4 Å². The van der Waals surface area contributed by atoms with Crippen LogP contribution >= 0.6 is 15.9 Å². The van der Waals surface area contributed by atoms with Crippen LogP contribution in [0.15, 0.2) is 60.7 Å². The summed E-state index contributed by atoms with van der Waals surface area (Å²) in [6.45, 7) is 6.63. The number of alkyl halides is 1. The van der Waals surface area contributed by atoms with Crippen molar-refractivity contribution in [2.24, 2.45) is 5.92 Å². The fourth-order valence-electron chi connectivity index (χ4n) is 2.81. The monoisotopic (exact) mass is 359 g/mol. The van der Waals surface area contributed by atoms with Crippen LogP contribution in [0.1, 0.15) is 31.4 Å². The fraction of sp³-hybridized carbons (Fsp3) is 0.400. The maximum atomic E-state index is 3.74. The molecule has 0 amide bonds. The molecule has 0 saturated heterocycles. The van der Waals surface area contributed by atoms with Gasteiger partial charge in [-0.05, 0) is 17.0 Å². The molecule has 0 aromatic heterocycles. The lowest BCUT2D eigenvalue weighted by Gasteiger charge is -2.34. The predicted molar refractivity (Wildman–Crippen MR) is 99.2 cm³/mol. The zero-order valence-electron chi connectivity index (χ0n) is 13.6. The van der Waals surface area contributed by atoms with Crippen molar-refractivity contribution in [1.29, 1.82) is 0 Å². The molecular weight excluding hydrogens is 334 g/mol. The molecule has 0 bridgehead atoms. The average Bonchev–Trinajstić information content (AvgIpc) is 2.57. The van der Waals surface area contributed by atoms with E-state index < -0.39 is 0 Å². The van der Waals surface area contributed by atoms with Gasteiger partial charge in [0.1, 0.15) is 0 Å². The second kappa shape index (κ2) is 9.12. The van der Waals surface area contributed by atoms with Gasteiger partial charge in [0.15, 0.2) is 0 Å². The van der Waals surface area contributed by atoms with E-state index in [-0.39, 0.29) is 0 Å². The van der Waals surface area contributed by atoms with Crippen LogP contribution in [0.5, 0.6) is 0 Å². The average molecular weight is 360 g/mol. The van der Waals surface area contributed by atoms with Gasteiger partial charge in [0, 0.05) is 24.5 Å². The number of benzene rings is 2. The Morgan fingerprint density at radius 3 is 1.68 bits per heavy atom. The minimum Gasteiger partial charge on any atom is -0.291 e. The Bertz CT molecular complexity index is 484. The van der Waals surface area contributed by atoms with E-state index in [9.17, 15) is 0 Å². The molecule has 2 aromatic rings. The Morgan fingerprint density at radius 1 is 0.864 bits per heavy atom. The lowest BCUT2D eigenvalue weighted by Crippen LogP contribution is -2.40. The molecule has 0 aliphatic carbocycles. The van der Waals surface area contributed by atoms with Gasteiger partial charge < -0.3 is 0 Å². The van der Waals surface area contributed by atoms with E-state index >= 15 is 0 Å². The van der Waals surface area contributed by atoms with Gasteiger partial charge in [0.25, 0.3) is 0 Å². The quantitative estimate of drug-likeness (QED) is 0.562. The Balaban J connectivity index is 2.19. The standard InChI is InChI=1S/C20H26BrN/c1-3-17(2)20(14-21)22(15-18-10-6-4-7-11-18)16-19-12-8-5-9-13-19/h4-13,17,20H,3,14-16H2,1-2H3. The molecular formula is C20H26BrN. The van der Waals surface area contributed by atoms with Crippen LogP contribution in [0.4, 0.5) is 0 Å². The van der Waals surface area contributed by atoms with E-state index in [1.54, 1.807) is 0 Å². The smallest absolute Gasteiger partial charge is 0.0240 e. The molecule has 0 aliphatic heterocycles. The molecule has 0 fully saturated rings. The summed E-state index contributed by atoms with van der Waals surface area (Å²) in [5.41, 5.74) is 2.76. The predicted octanol–water partition coefficient (Wildman–Crippen LogP) is 5.50. The van der Waals surface area contributed by atoms with Crippen molar-refractivity contribution in [1.82, 2.24) is 4.90 Å². The van der Waals surface area contributed by atoms with E-state index in [1.165, 1.54) is 17.5 Å². The number of halogens is 1. The summed E-state index contributed by atoms with van der Waals surface area (Å²) >= 11 is 3.74. The molecule has 0 heterocycles. The summed E-state index contributed by atoms with van der Waals surface area (Å²) in [4.78, 5) is 2.60. The van der Waals surface area contributed by atoms with Gasteiger partial charge in [-0.2, -0.15) is 0 Å². The number of hydrogen-bond acceptors (Lipinski definition) is 1. The van der Waals surface area contributed by atoms with Crippen LogP contribution < -0.4 is 0 Å². The third-order valence-corrected chi connectivity index (χ3v) is 5.05. The summed E-state index contributed by atoms with van der Waals surface area (Å²) in [7, 11) is 0. The summed E-state index contributed by atoms with van der Waals surface area (Å²) in [6.07, 6.45) is 1.20. The first-order chi connectivity index (χ1) is 10.7. The molecule has 118 valence electrons. The zero-order valence-corrected chi connectivity index (χ0v) is 15.2. The molecule has 2 heteroatoms. The largest absolute Gasteiger partial charge is 0.291 e. The fourth-order valence-corrected chi connectivity index (χ4v) is 3.86. The van der Waals surface area contributed by atoms with Crippen LogP contribution in [0.3, 0.4) is 0 Å². The van der Waals surface area contributed by atoms with Gasteiger partial charge in [-0.15, -0.1) is 0 Å². The Hall–Kier alpha value is -1.12. The maximum Gasteiger partial charge on any atom is 0.0240 e. The lowest BCUT2D eigenvalue weighted by atomic mass is 9.98. The SMILES string of the molecule is CCC(C)C(CBr)N(Cc1ccccc1)Cc1ccccc1. The normalized spacial score (nSPS) is 14.0. The minimum absolute atomic E-state index is 0.547. The molecule has 0 saturated carbocycles. The Kier molecular flexibility index (Phi) is 7.14. The molecule has 2 unspecified atom stereocenters. The third-order valence-electron chi connectivity index (χ3n) is 4.38. The van der Waals surface area contributed by atoms with Crippen LogP contribution in [-0.4, -0.2) is 16.3 Å². The summed E-state index contributed by atoms with van der Waals surface area (Å²) < 4.78 is 0. The van der Waals surface area contributed by atoms with Crippen LogP contribution in [0.25, 0.3) is 0 Å². The molecule has 0 radical (unpaired) electrons. The van der Waals surface area contributed by atoms with Crippen LogP contribution in [0.2, 0.25) is 0 Å². The van der Waals surface area contributed by atoms with Crippen molar-refractivity contribution >= 4 is 15.9 Å². The van der Waals surface area contributed by atoms with Crippen molar-refractivity contribution in [3.05, 3.63) is 71.8 Å². The highest BCUT2D eigenvalue weighted by molar-refractivity contribution is 9.09. The topological polar surface area (TPSA) is 3.24 Å². The van der Waals surface area contributed by atoms with Crippen LogP contribution in [-0.2, 0) is 13.1 Å². The highest BCUT2D eigenvalue weighted by Crippen LogP contribution is 2.22. The molecule has 1 nitrogen and oxygen atoms in total. The molecule has 0 aliphatic rings. The second-order valence-electron chi connectivity index (χ2n) is 5.98. The van der Waals surface area contributed by atoms with E-state index in [4.69, 9.17) is 0 Å². The third kappa shape index (κ3) is 4.96. The van der Waals surface area contributed by atoms with Gasteiger partial charge in [0.05, 0.1) is 0 Å². The van der Waals surface area contributed by atoms with Gasteiger partial charge in [-0.1, -0.05) is 96.9 Å². The molecule has 0 spiro atoms. The van der Waals surface area contributed by atoms with Crippen molar-refractivity contribution in [3.8, 4) is 0 Å². The maximum absolute atomic E-state index is 3.74. The molecule has 0 N–H and O–H groups in total. The van der Waals surface area contributed by atoms with Crippen molar-refractivity contribution in [2.75, 3.05) is 5.33 Å². The Morgan fingerprint density at radius 2 is 1.32 bits per heavy atom. The Labute approximate surface area is 143 Å². The second-order valence-corrected chi connectivity index (χ2v) is 6.63. The highest BCUT2D eigenvalue weighted by atomic mass is 79.9. The van der Waals surface area contributed by atoms with Gasteiger partial charge >= 0.3 is 0 Å². The summed E-state index contributed by atoms with van der Waals surface area (Å²) in [5, 5.41) is 1.02. The zero-order chi connectivity index (χ0) is 15.8. The molecule has 22 heavy (non-hydrogen) atoms. The first-order valence-electron chi connectivity index (χ1n) is 8.12. The molecule has 2 aromatic carbocycles. The summed E-state index contributed by atoms with van der Waals surface area (Å²) in [5.74, 6) is 0.673.